The number of hydrogen-bond donors (Lipinski definition) is 2. The molecule has 0 aromatic heterocycles. The van der Waals surface area contributed by atoms with Crippen molar-refractivity contribution >= 4 is 29.4 Å². The zero-order valence-electron chi connectivity index (χ0n) is 14.9. The number of hydrogen-bond acceptors (Lipinski definition) is 4. The predicted molar refractivity (Wildman–Crippen MR) is 102 cm³/mol. The second-order valence-corrected chi connectivity index (χ2v) is 6.29. The van der Waals surface area contributed by atoms with E-state index in [0.29, 0.717) is 5.02 Å². The van der Waals surface area contributed by atoms with Crippen LogP contribution >= 0.6 is 11.6 Å². The molecular weight excluding hydrogens is 368 g/mol. The van der Waals surface area contributed by atoms with Crippen LogP contribution in [-0.4, -0.2) is 30.4 Å². The summed E-state index contributed by atoms with van der Waals surface area (Å²) in [5.74, 6) is -1.43. The first-order chi connectivity index (χ1) is 13.0. The summed E-state index contributed by atoms with van der Waals surface area (Å²) in [7, 11) is 0. The van der Waals surface area contributed by atoms with E-state index < -0.39 is 18.0 Å². The third-order valence-electron chi connectivity index (χ3n) is 3.73. The standard InChI is InChI=1S/C20H21ClN2O4/c1-14(20(26)23-12-16-9-5-6-10-17(16)21)27-19(25)13-22-18(24)11-15-7-3-2-4-8-15/h2-10,14H,11-13H2,1H3,(H,22,24)(H,23,26)/t14-/m0/s1. The number of halogens is 1. The second-order valence-electron chi connectivity index (χ2n) is 5.88. The highest BCUT2D eigenvalue weighted by molar-refractivity contribution is 6.31. The molecule has 0 saturated heterocycles. The lowest BCUT2D eigenvalue weighted by atomic mass is 10.1. The van der Waals surface area contributed by atoms with Gasteiger partial charge in [0.25, 0.3) is 5.91 Å². The van der Waals surface area contributed by atoms with Gasteiger partial charge in [0.05, 0.1) is 6.42 Å². The molecule has 0 saturated carbocycles. The number of esters is 1. The molecule has 6 nitrogen and oxygen atoms in total. The van der Waals surface area contributed by atoms with Gasteiger partial charge in [-0.25, -0.2) is 0 Å². The molecule has 142 valence electrons. The van der Waals surface area contributed by atoms with Gasteiger partial charge in [-0.05, 0) is 24.1 Å². The molecule has 0 spiro atoms. The van der Waals surface area contributed by atoms with Crippen molar-refractivity contribution in [2.75, 3.05) is 6.54 Å². The first kappa shape index (κ1) is 20.5. The van der Waals surface area contributed by atoms with Crippen molar-refractivity contribution in [3.05, 3.63) is 70.7 Å². The SMILES string of the molecule is C[C@H](OC(=O)CNC(=O)Cc1ccccc1)C(=O)NCc1ccccc1Cl. The quantitative estimate of drug-likeness (QED) is 0.679. The molecule has 27 heavy (non-hydrogen) atoms. The van der Waals surface area contributed by atoms with Crippen LogP contribution in [0.2, 0.25) is 5.02 Å². The molecule has 2 aromatic carbocycles. The number of amides is 2. The Bertz CT molecular complexity index is 796. The monoisotopic (exact) mass is 388 g/mol. The van der Waals surface area contributed by atoms with E-state index in [1.165, 1.54) is 6.92 Å². The summed E-state index contributed by atoms with van der Waals surface area (Å²) in [6.07, 6.45) is -0.812. The van der Waals surface area contributed by atoms with Crippen LogP contribution in [-0.2, 0) is 32.1 Å². The van der Waals surface area contributed by atoms with Crippen LogP contribution in [0.3, 0.4) is 0 Å². The maximum Gasteiger partial charge on any atom is 0.326 e. The fourth-order valence-electron chi connectivity index (χ4n) is 2.27. The van der Waals surface area contributed by atoms with E-state index in [2.05, 4.69) is 10.6 Å². The summed E-state index contributed by atoms with van der Waals surface area (Å²) in [5.41, 5.74) is 1.61. The van der Waals surface area contributed by atoms with Gasteiger partial charge in [-0.3, -0.25) is 14.4 Å². The Morgan fingerprint density at radius 3 is 2.37 bits per heavy atom. The van der Waals surface area contributed by atoms with Crippen LogP contribution in [0.5, 0.6) is 0 Å². The van der Waals surface area contributed by atoms with Gasteiger partial charge >= 0.3 is 5.97 Å². The Morgan fingerprint density at radius 1 is 1.00 bits per heavy atom. The summed E-state index contributed by atoms with van der Waals surface area (Å²) < 4.78 is 5.03. The van der Waals surface area contributed by atoms with Crippen molar-refractivity contribution in [2.24, 2.45) is 0 Å². The smallest absolute Gasteiger partial charge is 0.326 e. The number of rotatable bonds is 8. The second kappa shape index (κ2) is 10.3. The molecule has 0 aliphatic heterocycles. The molecule has 0 unspecified atom stereocenters. The Balaban J connectivity index is 1.70. The van der Waals surface area contributed by atoms with Gasteiger partial charge in [0.15, 0.2) is 6.10 Å². The van der Waals surface area contributed by atoms with Gasteiger partial charge in [0.1, 0.15) is 6.54 Å². The maximum atomic E-state index is 12.0. The lowest BCUT2D eigenvalue weighted by Crippen LogP contribution is -2.38. The maximum absolute atomic E-state index is 12.0. The van der Waals surface area contributed by atoms with E-state index in [4.69, 9.17) is 16.3 Å². The minimum atomic E-state index is -0.981. The fourth-order valence-corrected chi connectivity index (χ4v) is 2.48. The van der Waals surface area contributed by atoms with Crippen molar-refractivity contribution in [3.63, 3.8) is 0 Å². The normalized spacial score (nSPS) is 11.3. The number of nitrogens with one attached hydrogen (secondary N) is 2. The highest BCUT2D eigenvalue weighted by Gasteiger charge is 2.18. The summed E-state index contributed by atoms with van der Waals surface area (Å²) in [6.45, 7) is 1.40. The van der Waals surface area contributed by atoms with E-state index in [9.17, 15) is 14.4 Å². The van der Waals surface area contributed by atoms with Crippen molar-refractivity contribution in [1.29, 1.82) is 0 Å². The zero-order valence-corrected chi connectivity index (χ0v) is 15.7. The van der Waals surface area contributed by atoms with Crippen LogP contribution in [0.4, 0.5) is 0 Å². The van der Waals surface area contributed by atoms with Crippen LogP contribution < -0.4 is 10.6 Å². The average Bonchev–Trinajstić information content (AvgIpc) is 2.66. The first-order valence-corrected chi connectivity index (χ1v) is 8.84. The molecule has 0 heterocycles. The topological polar surface area (TPSA) is 84.5 Å². The zero-order chi connectivity index (χ0) is 19.6. The van der Waals surface area contributed by atoms with Gasteiger partial charge in [0.2, 0.25) is 5.91 Å². The number of benzene rings is 2. The third kappa shape index (κ3) is 7.11. The molecule has 1 atom stereocenters. The Kier molecular flexibility index (Phi) is 7.82. The van der Waals surface area contributed by atoms with Crippen molar-refractivity contribution < 1.29 is 19.1 Å². The molecular formula is C20H21ClN2O4. The summed E-state index contributed by atoms with van der Waals surface area (Å²) in [4.78, 5) is 35.6. The fraction of sp³-hybridized carbons (Fsp3) is 0.250. The first-order valence-electron chi connectivity index (χ1n) is 8.47. The van der Waals surface area contributed by atoms with Gasteiger partial charge in [-0.1, -0.05) is 60.1 Å². The largest absolute Gasteiger partial charge is 0.451 e. The minimum Gasteiger partial charge on any atom is -0.451 e. The molecule has 0 radical (unpaired) electrons. The van der Waals surface area contributed by atoms with E-state index in [1.807, 2.05) is 36.4 Å². The van der Waals surface area contributed by atoms with Crippen LogP contribution in [0.15, 0.2) is 54.6 Å². The van der Waals surface area contributed by atoms with E-state index in [1.54, 1.807) is 18.2 Å². The molecule has 2 N–H and O–H groups in total. The molecule has 2 rings (SSSR count). The highest BCUT2D eigenvalue weighted by atomic mass is 35.5. The lowest BCUT2D eigenvalue weighted by molar-refractivity contribution is -0.154. The number of carbonyl (C=O) groups is 3. The molecule has 0 bridgehead atoms. The van der Waals surface area contributed by atoms with E-state index >= 15 is 0 Å². The van der Waals surface area contributed by atoms with Gasteiger partial charge in [-0.15, -0.1) is 0 Å². The molecule has 0 aliphatic carbocycles. The molecule has 0 aliphatic rings. The van der Waals surface area contributed by atoms with E-state index in [0.717, 1.165) is 11.1 Å². The summed E-state index contributed by atoms with van der Waals surface area (Å²) >= 11 is 6.02. The van der Waals surface area contributed by atoms with Gasteiger partial charge in [0, 0.05) is 11.6 Å². The Morgan fingerprint density at radius 2 is 1.67 bits per heavy atom. The van der Waals surface area contributed by atoms with Crippen LogP contribution in [0, 0.1) is 0 Å². The van der Waals surface area contributed by atoms with Crippen molar-refractivity contribution in [2.45, 2.75) is 26.0 Å². The highest BCUT2D eigenvalue weighted by Crippen LogP contribution is 2.14. The summed E-state index contributed by atoms with van der Waals surface area (Å²) in [5, 5.41) is 5.68. The lowest BCUT2D eigenvalue weighted by Gasteiger charge is -2.14. The van der Waals surface area contributed by atoms with Crippen molar-refractivity contribution in [1.82, 2.24) is 10.6 Å². The Hall–Kier alpha value is -2.86. The minimum absolute atomic E-state index is 0.169. The van der Waals surface area contributed by atoms with Gasteiger partial charge in [-0.2, -0.15) is 0 Å². The summed E-state index contributed by atoms with van der Waals surface area (Å²) in [6, 6.07) is 16.3. The molecule has 2 aromatic rings. The molecule has 0 fully saturated rings. The molecule has 7 heteroatoms. The average molecular weight is 389 g/mol. The molecule has 2 amide bonds. The van der Waals surface area contributed by atoms with Crippen molar-refractivity contribution in [3.8, 4) is 0 Å². The predicted octanol–water partition coefficient (Wildman–Crippen LogP) is 2.25. The number of carbonyl (C=O) groups excluding carboxylic acids is 3. The third-order valence-corrected chi connectivity index (χ3v) is 4.09. The Labute approximate surface area is 162 Å². The van der Waals surface area contributed by atoms with Crippen LogP contribution in [0.25, 0.3) is 0 Å². The van der Waals surface area contributed by atoms with E-state index in [-0.39, 0.29) is 25.4 Å². The number of ether oxygens (including phenoxy) is 1. The van der Waals surface area contributed by atoms with Crippen LogP contribution in [0.1, 0.15) is 18.1 Å². The van der Waals surface area contributed by atoms with Gasteiger partial charge < -0.3 is 15.4 Å².